The number of benzene rings is 2. The average molecular weight is 286 g/mol. The Morgan fingerprint density at radius 2 is 1.67 bits per heavy atom. The van der Waals surface area contributed by atoms with Crippen LogP contribution in [0.4, 0.5) is 5.69 Å². The van der Waals surface area contributed by atoms with Gasteiger partial charge in [0.05, 0.1) is 7.11 Å². The van der Waals surface area contributed by atoms with Crippen molar-refractivity contribution in [2.45, 2.75) is 0 Å². The van der Waals surface area contributed by atoms with Gasteiger partial charge in [-0.25, -0.2) is 0 Å². The van der Waals surface area contributed by atoms with Crippen molar-refractivity contribution in [3.8, 4) is 11.5 Å². The van der Waals surface area contributed by atoms with Crippen LogP contribution < -0.4 is 20.5 Å². The maximum Gasteiger partial charge on any atom is 0.248 e. The molecule has 0 spiro atoms. The minimum absolute atomic E-state index is 0.426. The molecule has 0 heterocycles. The van der Waals surface area contributed by atoms with Crippen LogP contribution in [0.25, 0.3) is 0 Å². The van der Waals surface area contributed by atoms with Crippen LogP contribution >= 0.6 is 0 Å². The van der Waals surface area contributed by atoms with Crippen molar-refractivity contribution in [3.05, 3.63) is 54.1 Å². The fourth-order valence-electron chi connectivity index (χ4n) is 1.79. The first-order valence-corrected chi connectivity index (χ1v) is 6.59. The van der Waals surface area contributed by atoms with Gasteiger partial charge in [-0.05, 0) is 48.5 Å². The fourth-order valence-corrected chi connectivity index (χ4v) is 1.79. The van der Waals surface area contributed by atoms with Crippen LogP contribution in [-0.4, -0.2) is 26.2 Å². The minimum Gasteiger partial charge on any atom is -0.497 e. The van der Waals surface area contributed by atoms with Gasteiger partial charge in [0.1, 0.15) is 18.1 Å². The van der Waals surface area contributed by atoms with Gasteiger partial charge in [0.2, 0.25) is 5.91 Å². The predicted octanol–water partition coefficient (Wildman–Crippen LogP) is 2.29. The van der Waals surface area contributed by atoms with Crippen molar-refractivity contribution >= 4 is 11.6 Å². The summed E-state index contributed by atoms with van der Waals surface area (Å²) in [5, 5.41) is 3.20. The van der Waals surface area contributed by atoms with Gasteiger partial charge in [-0.1, -0.05) is 0 Å². The zero-order valence-electron chi connectivity index (χ0n) is 11.8. The number of carbonyl (C=O) groups is 1. The first-order chi connectivity index (χ1) is 10.2. The Labute approximate surface area is 123 Å². The summed E-state index contributed by atoms with van der Waals surface area (Å²) < 4.78 is 10.7. The normalized spacial score (nSPS) is 9.95. The summed E-state index contributed by atoms with van der Waals surface area (Å²) >= 11 is 0. The topological polar surface area (TPSA) is 73.6 Å². The lowest BCUT2D eigenvalue weighted by Gasteiger charge is -2.09. The average Bonchev–Trinajstić information content (AvgIpc) is 2.52. The van der Waals surface area contributed by atoms with E-state index in [-0.39, 0.29) is 0 Å². The van der Waals surface area contributed by atoms with Crippen molar-refractivity contribution in [2.75, 3.05) is 25.6 Å². The molecule has 21 heavy (non-hydrogen) atoms. The molecule has 2 aromatic carbocycles. The van der Waals surface area contributed by atoms with E-state index in [0.29, 0.717) is 18.7 Å². The molecule has 110 valence electrons. The third kappa shape index (κ3) is 4.42. The van der Waals surface area contributed by atoms with Crippen molar-refractivity contribution in [1.29, 1.82) is 0 Å². The maximum atomic E-state index is 10.9. The Balaban J connectivity index is 1.74. The Kier molecular flexibility index (Phi) is 5.04. The van der Waals surface area contributed by atoms with Gasteiger partial charge >= 0.3 is 0 Å². The molecule has 5 nitrogen and oxygen atoms in total. The highest BCUT2D eigenvalue weighted by Gasteiger charge is 1.99. The van der Waals surface area contributed by atoms with Gasteiger partial charge < -0.3 is 20.5 Å². The van der Waals surface area contributed by atoms with Crippen LogP contribution in [0.1, 0.15) is 10.4 Å². The monoisotopic (exact) mass is 286 g/mol. The molecule has 0 saturated heterocycles. The Bertz CT molecular complexity index is 579. The molecule has 5 heteroatoms. The molecule has 0 aliphatic heterocycles. The lowest BCUT2D eigenvalue weighted by atomic mass is 10.2. The number of amides is 1. The molecule has 0 fully saturated rings. The number of primary amides is 1. The summed E-state index contributed by atoms with van der Waals surface area (Å²) in [7, 11) is 1.63. The van der Waals surface area contributed by atoms with Crippen molar-refractivity contribution in [1.82, 2.24) is 0 Å². The molecule has 1 amide bonds. The van der Waals surface area contributed by atoms with Crippen LogP contribution in [0, 0.1) is 0 Å². The molecule has 0 saturated carbocycles. The first kappa shape index (κ1) is 14.7. The second-order valence-corrected chi connectivity index (χ2v) is 4.39. The van der Waals surface area contributed by atoms with Crippen LogP contribution in [0.5, 0.6) is 11.5 Å². The van der Waals surface area contributed by atoms with Crippen LogP contribution in [-0.2, 0) is 0 Å². The van der Waals surface area contributed by atoms with E-state index in [2.05, 4.69) is 5.32 Å². The molecular formula is C16H18N2O3. The summed E-state index contributed by atoms with van der Waals surface area (Å²) in [4.78, 5) is 10.9. The van der Waals surface area contributed by atoms with E-state index < -0.39 is 5.91 Å². The Hall–Kier alpha value is -2.69. The molecule has 0 radical (unpaired) electrons. The van der Waals surface area contributed by atoms with E-state index >= 15 is 0 Å². The van der Waals surface area contributed by atoms with Crippen molar-refractivity contribution in [3.63, 3.8) is 0 Å². The lowest BCUT2D eigenvalue weighted by molar-refractivity contribution is 0.100. The standard InChI is InChI=1S/C16H18N2O3/c1-20-14-6-8-15(9-7-14)21-11-10-18-13-4-2-12(3-5-13)16(17)19/h2-9,18H,10-11H2,1H3,(H2,17,19). The maximum absolute atomic E-state index is 10.9. The SMILES string of the molecule is COc1ccc(OCCNc2ccc(C(N)=O)cc2)cc1. The quantitative estimate of drug-likeness (QED) is 0.766. The zero-order valence-corrected chi connectivity index (χ0v) is 11.8. The Morgan fingerprint density at radius 3 is 2.24 bits per heavy atom. The molecule has 0 bridgehead atoms. The number of hydrogen-bond acceptors (Lipinski definition) is 4. The number of hydrogen-bond donors (Lipinski definition) is 2. The van der Waals surface area contributed by atoms with Crippen LogP contribution in [0.2, 0.25) is 0 Å². The van der Waals surface area contributed by atoms with E-state index in [1.54, 1.807) is 19.2 Å². The third-order valence-corrected chi connectivity index (χ3v) is 2.93. The fraction of sp³-hybridized carbons (Fsp3) is 0.188. The highest BCUT2D eigenvalue weighted by molar-refractivity contribution is 5.93. The highest BCUT2D eigenvalue weighted by atomic mass is 16.5. The second-order valence-electron chi connectivity index (χ2n) is 4.39. The van der Waals surface area contributed by atoms with Crippen LogP contribution in [0.3, 0.4) is 0 Å². The Morgan fingerprint density at radius 1 is 1.05 bits per heavy atom. The molecule has 2 aromatic rings. The lowest BCUT2D eigenvalue weighted by Crippen LogP contribution is -2.13. The van der Waals surface area contributed by atoms with Gasteiger partial charge in [0, 0.05) is 17.8 Å². The molecule has 3 N–H and O–H groups in total. The summed E-state index contributed by atoms with van der Waals surface area (Å²) in [5.41, 5.74) is 6.59. The molecule has 0 aromatic heterocycles. The van der Waals surface area contributed by atoms with E-state index in [1.807, 2.05) is 36.4 Å². The number of nitrogens with one attached hydrogen (secondary N) is 1. The number of nitrogens with two attached hydrogens (primary N) is 1. The number of methoxy groups -OCH3 is 1. The first-order valence-electron chi connectivity index (χ1n) is 6.59. The van der Waals surface area contributed by atoms with Crippen molar-refractivity contribution < 1.29 is 14.3 Å². The summed E-state index contributed by atoms with van der Waals surface area (Å²) in [6, 6.07) is 14.4. The zero-order chi connectivity index (χ0) is 15.1. The van der Waals surface area contributed by atoms with E-state index in [4.69, 9.17) is 15.2 Å². The van der Waals surface area contributed by atoms with E-state index in [1.165, 1.54) is 0 Å². The van der Waals surface area contributed by atoms with Crippen molar-refractivity contribution in [2.24, 2.45) is 5.73 Å². The summed E-state index contributed by atoms with van der Waals surface area (Å²) in [6.07, 6.45) is 0. The number of carbonyl (C=O) groups excluding carboxylic acids is 1. The molecule has 0 atom stereocenters. The third-order valence-electron chi connectivity index (χ3n) is 2.93. The van der Waals surface area contributed by atoms with Gasteiger partial charge in [-0.15, -0.1) is 0 Å². The smallest absolute Gasteiger partial charge is 0.248 e. The molecule has 0 unspecified atom stereocenters. The summed E-state index contributed by atoms with van der Waals surface area (Å²) in [5.74, 6) is 1.17. The van der Waals surface area contributed by atoms with Crippen LogP contribution in [0.15, 0.2) is 48.5 Å². The molecular weight excluding hydrogens is 268 g/mol. The molecule has 2 rings (SSSR count). The predicted molar refractivity (Wildman–Crippen MR) is 81.9 cm³/mol. The highest BCUT2D eigenvalue weighted by Crippen LogP contribution is 2.16. The van der Waals surface area contributed by atoms with E-state index in [0.717, 1.165) is 17.2 Å². The molecule has 0 aliphatic rings. The van der Waals surface area contributed by atoms with E-state index in [9.17, 15) is 4.79 Å². The number of ether oxygens (including phenoxy) is 2. The number of rotatable bonds is 7. The van der Waals surface area contributed by atoms with Gasteiger partial charge in [-0.3, -0.25) is 4.79 Å². The molecule has 0 aliphatic carbocycles. The largest absolute Gasteiger partial charge is 0.497 e. The summed E-state index contributed by atoms with van der Waals surface area (Å²) in [6.45, 7) is 1.19. The van der Waals surface area contributed by atoms with Gasteiger partial charge in [0.15, 0.2) is 0 Å². The number of anilines is 1. The van der Waals surface area contributed by atoms with Gasteiger partial charge in [0.25, 0.3) is 0 Å². The van der Waals surface area contributed by atoms with Gasteiger partial charge in [-0.2, -0.15) is 0 Å². The minimum atomic E-state index is -0.426. The second kappa shape index (κ2) is 7.19.